The van der Waals surface area contributed by atoms with Gasteiger partial charge in [-0.2, -0.15) is 4.98 Å². The zero-order chi connectivity index (χ0) is 24.6. The smallest absolute Gasteiger partial charge is 0.319 e. The van der Waals surface area contributed by atoms with Crippen molar-refractivity contribution in [3.05, 3.63) is 80.5 Å². The van der Waals surface area contributed by atoms with Crippen LogP contribution in [-0.4, -0.2) is 24.2 Å². The number of hydrogen-bond donors (Lipinski definition) is 1. The average Bonchev–Trinajstić information content (AvgIpc) is 3.20. The maximum absolute atomic E-state index is 6.48. The topological polar surface area (TPSA) is 56.3 Å². The van der Waals surface area contributed by atoms with Crippen molar-refractivity contribution in [2.45, 2.75) is 45.7 Å². The SMILES string of the molecule is COc1ncc(C2NC(c3cc(Cl)ccc3C)C(c3ccc(Cl)cc3C)C2C(C)C)c(OC)n1. The summed E-state index contributed by atoms with van der Waals surface area (Å²) < 4.78 is 10.9. The zero-order valence-corrected chi connectivity index (χ0v) is 21.9. The van der Waals surface area contributed by atoms with E-state index in [9.17, 15) is 0 Å². The molecule has 0 amide bonds. The first-order valence-electron chi connectivity index (χ1n) is 11.5. The largest absolute Gasteiger partial charge is 0.481 e. The highest BCUT2D eigenvalue weighted by atomic mass is 35.5. The lowest BCUT2D eigenvalue weighted by molar-refractivity contribution is 0.300. The standard InChI is InChI=1S/C27H31Cl2N3O2/c1-14(2)22-23(19-10-9-17(28)11-16(19)4)24(20-12-18(29)8-7-15(20)3)31-25(22)21-13-30-27(34-6)32-26(21)33-5/h7-14,22-25,31H,1-6H3. The fourth-order valence-electron chi connectivity index (χ4n) is 5.40. The second kappa shape index (κ2) is 10.1. The van der Waals surface area contributed by atoms with Crippen molar-refractivity contribution < 1.29 is 9.47 Å². The maximum atomic E-state index is 6.48. The van der Waals surface area contributed by atoms with E-state index < -0.39 is 0 Å². The van der Waals surface area contributed by atoms with Crippen molar-refractivity contribution in [2.24, 2.45) is 11.8 Å². The van der Waals surface area contributed by atoms with Crippen molar-refractivity contribution in [3.8, 4) is 11.9 Å². The third-order valence-electron chi connectivity index (χ3n) is 6.92. The summed E-state index contributed by atoms with van der Waals surface area (Å²) in [6.45, 7) is 8.79. The summed E-state index contributed by atoms with van der Waals surface area (Å²) in [6.07, 6.45) is 1.82. The molecule has 1 aliphatic rings. The highest BCUT2D eigenvalue weighted by molar-refractivity contribution is 6.31. The van der Waals surface area contributed by atoms with Gasteiger partial charge in [0.2, 0.25) is 5.88 Å². The number of ether oxygens (including phenoxy) is 2. The predicted octanol–water partition coefficient (Wildman–Crippen LogP) is 6.86. The lowest BCUT2D eigenvalue weighted by Gasteiger charge is -2.31. The third kappa shape index (κ3) is 4.61. The summed E-state index contributed by atoms with van der Waals surface area (Å²) in [4.78, 5) is 8.88. The highest BCUT2D eigenvalue weighted by Crippen LogP contribution is 2.54. The zero-order valence-electron chi connectivity index (χ0n) is 20.4. The molecule has 5 nitrogen and oxygen atoms in total. The summed E-state index contributed by atoms with van der Waals surface area (Å²) in [6, 6.07) is 12.6. The number of nitrogens with zero attached hydrogens (tertiary/aromatic N) is 2. The molecule has 0 radical (unpaired) electrons. The van der Waals surface area contributed by atoms with Crippen LogP contribution in [0.15, 0.2) is 42.6 Å². The predicted molar refractivity (Wildman–Crippen MR) is 137 cm³/mol. The van der Waals surface area contributed by atoms with Gasteiger partial charge in [-0.15, -0.1) is 0 Å². The van der Waals surface area contributed by atoms with E-state index in [-0.39, 0.29) is 29.9 Å². The van der Waals surface area contributed by atoms with Crippen LogP contribution in [0.25, 0.3) is 0 Å². The Balaban J connectivity index is 1.92. The first kappa shape index (κ1) is 24.8. The van der Waals surface area contributed by atoms with Crippen LogP contribution in [0.4, 0.5) is 0 Å². The van der Waals surface area contributed by atoms with Crippen molar-refractivity contribution >= 4 is 23.2 Å². The van der Waals surface area contributed by atoms with Crippen LogP contribution < -0.4 is 14.8 Å². The second-order valence-corrected chi connectivity index (χ2v) is 10.2. The molecule has 2 aromatic carbocycles. The molecule has 0 spiro atoms. The Labute approximate surface area is 211 Å². The molecule has 1 fully saturated rings. The van der Waals surface area contributed by atoms with Crippen molar-refractivity contribution in [2.75, 3.05) is 14.2 Å². The van der Waals surface area contributed by atoms with Gasteiger partial charge in [0.1, 0.15) is 0 Å². The molecule has 0 saturated carbocycles. The van der Waals surface area contributed by atoms with Crippen molar-refractivity contribution in [1.82, 2.24) is 15.3 Å². The molecule has 34 heavy (non-hydrogen) atoms. The van der Waals surface area contributed by atoms with E-state index in [0.717, 1.165) is 15.6 Å². The summed E-state index contributed by atoms with van der Waals surface area (Å²) in [5.74, 6) is 1.28. The van der Waals surface area contributed by atoms with E-state index in [2.05, 4.69) is 61.2 Å². The lowest BCUT2D eigenvalue weighted by Crippen LogP contribution is -2.24. The van der Waals surface area contributed by atoms with Gasteiger partial charge < -0.3 is 14.8 Å². The van der Waals surface area contributed by atoms with Gasteiger partial charge in [0, 0.05) is 34.2 Å². The van der Waals surface area contributed by atoms with Gasteiger partial charge in [-0.1, -0.05) is 49.2 Å². The first-order chi connectivity index (χ1) is 16.2. The average molecular weight is 500 g/mol. The number of aryl methyl sites for hydroxylation is 2. The molecule has 4 atom stereocenters. The first-order valence-corrected chi connectivity index (χ1v) is 12.2. The van der Waals surface area contributed by atoms with Crippen LogP contribution in [0, 0.1) is 25.7 Å². The highest BCUT2D eigenvalue weighted by Gasteiger charge is 2.48. The van der Waals surface area contributed by atoms with Crippen LogP contribution >= 0.6 is 23.2 Å². The minimum Gasteiger partial charge on any atom is -0.481 e. The second-order valence-electron chi connectivity index (χ2n) is 9.29. The van der Waals surface area contributed by atoms with Crippen molar-refractivity contribution in [1.29, 1.82) is 0 Å². The molecule has 0 bridgehead atoms. The molecule has 4 unspecified atom stereocenters. The Morgan fingerprint density at radius 2 is 1.56 bits per heavy atom. The number of rotatable bonds is 6. The molecule has 1 aliphatic heterocycles. The fraction of sp³-hybridized carbons (Fsp3) is 0.407. The van der Waals surface area contributed by atoms with Gasteiger partial charge in [0.05, 0.1) is 19.8 Å². The summed E-state index contributed by atoms with van der Waals surface area (Å²) in [5.41, 5.74) is 5.75. The van der Waals surface area contributed by atoms with Crippen molar-refractivity contribution in [3.63, 3.8) is 0 Å². The summed E-state index contributed by atoms with van der Waals surface area (Å²) in [5, 5.41) is 5.40. The van der Waals surface area contributed by atoms with Crippen LogP contribution in [0.1, 0.15) is 59.7 Å². The summed E-state index contributed by atoms with van der Waals surface area (Å²) in [7, 11) is 3.18. The number of nitrogens with one attached hydrogen (secondary N) is 1. The molecule has 7 heteroatoms. The van der Waals surface area contributed by atoms with Gasteiger partial charge in [-0.3, -0.25) is 0 Å². The molecular weight excluding hydrogens is 469 g/mol. The number of aromatic nitrogens is 2. The fourth-order valence-corrected chi connectivity index (χ4v) is 5.81. The molecule has 1 N–H and O–H groups in total. The summed E-state index contributed by atoms with van der Waals surface area (Å²) >= 11 is 12.8. The van der Waals surface area contributed by atoms with Gasteiger partial charge in [0.25, 0.3) is 0 Å². The van der Waals surface area contributed by atoms with Gasteiger partial charge >= 0.3 is 6.01 Å². The molecule has 3 aromatic rings. The van der Waals surface area contributed by atoms with E-state index in [1.54, 1.807) is 14.2 Å². The van der Waals surface area contributed by atoms with E-state index in [0.29, 0.717) is 11.8 Å². The number of methoxy groups -OCH3 is 2. The van der Waals surface area contributed by atoms with Gasteiger partial charge in [0.15, 0.2) is 0 Å². The minimum atomic E-state index is -0.0377. The third-order valence-corrected chi connectivity index (χ3v) is 7.39. The van der Waals surface area contributed by atoms with Crippen LogP contribution in [0.5, 0.6) is 11.9 Å². The molecule has 180 valence electrons. The van der Waals surface area contributed by atoms with Gasteiger partial charge in [-0.25, -0.2) is 4.98 Å². The molecule has 2 heterocycles. The monoisotopic (exact) mass is 499 g/mol. The minimum absolute atomic E-state index is 0.0304. The molecule has 1 saturated heterocycles. The van der Waals surface area contributed by atoms with Crippen LogP contribution in [0.3, 0.4) is 0 Å². The Bertz CT molecular complexity index is 1180. The van der Waals surface area contributed by atoms with Crippen LogP contribution in [0.2, 0.25) is 10.0 Å². The van der Waals surface area contributed by atoms with E-state index >= 15 is 0 Å². The normalized spacial score (nSPS) is 22.3. The molecular formula is C27H31Cl2N3O2. The molecule has 0 aliphatic carbocycles. The van der Waals surface area contributed by atoms with E-state index in [1.165, 1.54) is 22.3 Å². The maximum Gasteiger partial charge on any atom is 0.319 e. The van der Waals surface area contributed by atoms with Crippen LogP contribution in [-0.2, 0) is 0 Å². The van der Waals surface area contributed by atoms with Gasteiger partial charge in [-0.05, 0) is 72.2 Å². The Kier molecular flexibility index (Phi) is 7.36. The molecule has 4 rings (SSSR count). The Hall–Kier alpha value is -2.34. The lowest BCUT2D eigenvalue weighted by atomic mass is 9.72. The quantitative estimate of drug-likeness (QED) is 0.401. The Morgan fingerprint density at radius 3 is 2.21 bits per heavy atom. The molecule has 1 aromatic heterocycles. The Morgan fingerprint density at radius 1 is 0.853 bits per heavy atom. The number of halogens is 2. The van der Waals surface area contributed by atoms with E-state index in [4.69, 9.17) is 32.7 Å². The van der Waals surface area contributed by atoms with E-state index in [1.807, 2.05) is 24.4 Å². The number of benzene rings is 2. The number of hydrogen-bond acceptors (Lipinski definition) is 5.